The van der Waals surface area contributed by atoms with Crippen molar-refractivity contribution in [3.05, 3.63) is 65.2 Å². The van der Waals surface area contributed by atoms with Crippen LogP contribution in [0.25, 0.3) is 0 Å². The fraction of sp³-hybridized carbons (Fsp3) is 0.125. The number of aromatic carboxylic acids is 1. The van der Waals surface area contributed by atoms with Crippen LogP contribution in [0.2, 0.25) is 0 Å². The van der Waals surface area contributed by atoms with Gasteiger partial charge in [0.1, 0.15) is 0 Å². The van der Waals surface area contributed by atoms with Gasteiger partial charge in [0.05, 0.1) is 5.56 Å². The number of anilines is 1. The number of carbonyl (C=O) groups excluding carboxylic acids is 1. The summed E-state index contributed by atoms with van der Waals surface area (Å²) in [6.07, 6.45) is 0.610. The van der Waals surface area contributed by atoms with Gasteiger partial charge in [0.15, 0.2) is 0 Å². The van der Waals surface area contributed by atoms with Crippen LogP contribution < -0.4 is 11.1 Å². The lowest BCUT2D eigenvalue weighted by Crippen LogP contribution is -2.16. The summed E-state index contributed by atoms with van der Waals surface area (Å²) in [6.45, 7) is 0.457. The van der Waals surface area contributed by atoms with Crippen molar-refractivity contribution in [2.45, 2.75) is 6.42 Å². The molecule has 0 aliphatic heterocycles. The Hall–Kier alpha value is -2.66. The van der Waals surface area contributed by atoms with Gasteiger partial charge in [-0.3, -0.25) is 4.79 Å². The maximum atomic E-state index is 12.3. The molecule has 0 aromatic heterocycles. The molecule has 0 bridgehead atoms. The predicted molar refractivity (Wildman–Crippen MR) is 80.6 cm³/mol. The Morgan fingerprint density at radius 3 is 2.57 bits per heavy atom. The first-order valence-corrected chi connectivity index (χ1v) is 6.54. The molecule has 4 N–H and O–H groups in total. The standard InChI is InChI=1S/C16H16N2O3/c17-9-8-11-4-1-2-7-14(11)15(19)18-13-6-3-5-12(10-13)16(20)21/h1-7,10H,8-9,17H2,(H,18,19)(H,20,21). The molecule has 0 saturated carbocycles. The number of hydrogen-bond acceptors (Lipinski definition) is 3. The van der Waals surface area contributed by atoms with Crippen molar-refractivity contribution in [2.24, 2.45) is 5.73 Å². The van der Waals surface area contributed by atoms with E-state index in [0.717, 1.165) is 5.56 Å². The van der Waals surface area contributed by atoms with Crippen LogP contribution in [-0.2, 0) is 6.42 Å². The van der Waals surface area contributed by atoms with Gasteiger partial charge in [0, 0.05) is 11.3 Å². The SMILES string of the molecule is NCCc1ccccc1C(=O)Nc1cccc(C(=O)O)c1. The van der Waals surface area contributed by atoms with E-state index in [1.54, 1.807) is 24.3 Å². The van der Waals surface area contributed by atoms with Gasteiger partial charge in [-0.2, -0.15) is 0 Å². The zero-order chi connectivity index (χ0) is 15.2. The molecule has 2 aromatic rings. The van der Waals surface area contributed by atoms with Crippen LogP contribution in [0, 0.1) is 0 Å². The molecule has 0 heterocycles. The molecule has 0 aliphatic rings. The fourth-order valence-electron chi connectivity index (χ4n) is 2.04. The molecule has 1 amide bonds. The average Bonchev–Trinajstić information content (AvgIpc) is 2.48. The zero-order valence-corrected chi connectivity index (χ0v) is 11.4. The summed E-state index contributed by atoms with van der Waals surface area (Å²) in [5.74, 6) is -1.31. The molecule has 0 atom stereocenters. The number of nitrogens with two attached hydrogens (primary N) is 1. The Bertz CT molecular complexity index is 668. The molecule has 0 spiro atoms. The molecule has 2 aromatic carbocycles. The van der Waals surface area contributed by atoms with Crippen LogP contribution in [-0.4, -0.2) is 23.5 Å². The number of hydrogen-bond donors (Lipinski definition) is 3. The van der Waals surface area contributed by atoms with Gasteiger partial charge in [-0.1, -0.05) is 24.3 Å². The summed E-state index contributed by atoms with van der Waals surface area (Å²) in [5.41, 5.74) is 7.53. The lowest BCUT2D eigenvalue weighted by Gasteiger charge is -2.10. The largest absolute Gasteiger partial charge is 0.478 e. The third kappa shape index (κ3) is 3.67. The van der Waals surface area contributed by atoms with Crippen LogP contribution >= 0.6 is 0 Å². The summed E-state index contributed by atoms with van der Waals surface area (Å²) in [7, 11) is 0. The van der Waals surface area contributed by atoms with Crippen LogP contribution in [0.15, 0.2) is 48.5 Å². The molecule has 0 unspecified atom stereocenters. The highest BCUT2D eigenvalue weighted by Gasteiger charge is 2.11. The number of nitrogens with one attached hydrogen (secondary N) is 1. The summed E-state index contributed by atoms with van der Waals surface area (Å²) in [4.78, 5) is 23.2. The molecular weight excluding hydrogens is 268 g/mol. The minimum Gasteiger partial charge on any atom is -0.478 e. The quantitative estimate of drug-likeness (QED) is 0.784. The second kappa shape index (κ2) is 6.67. The predicted octanol–water partition coefficient (Wildman–Crippen LogP) is 2.14. The van der Waals surface area contributed by atoms with E-state index in [0.29, 0.717) is 24.2 Å². The van der Waals surface area contributed by atoms with Crippen molar-refractivity contribution >= 4 is 17.6 Å². The molecular formula is C16H16N2O3. The summed E-state index contributed by atoms with van der Waals surface area (Å²) >= 11 is 0. The molecule has 0 saturated heterocycles. The molecule has 0 fully saturated rings. The Kier molecular flexibility index (Phi) is 4.68. The second-order valence-electron chi connectivity index (χ2n) is 4.54. The topological polar surface area (TPSA) is 92.4 Å². The molecule has 0 aliphatic carbocycles. The first kappa shape index (κ1) is 14.7. The smallest absolute Gasteiger partial charge is 0.335 e. The first-order valence-electron chi connectivity index (χ1n) is 6.54. The summed E-state index contributed by atoms with van der Waals surface area (Å²) in [6, 6.07) is 13.3. The Labute approximate surface area is 122 Å². The maximum Gasteiger partial charge on any atom is 0.335 e. The van der Waals surface area contributed by atoms with Crippen molar-refractivity contribution in [1.29, 1.82) is 0 Å². The first-order chi connectivity index (χ1) is 10.1. The van der Waals surface area contributed by atoms with E-state index in [9.17, 15) is 9.59 Å². The van der Waals surface area contributed by atoms with Gasteiger partial charge in [-0.05, 0) is 42.8 Å². The van der Waals surface area contributed by atoms with Crippen molar-refractivity contribution in [3.63, 3.8) is 0 Å². The van der Waals surface area contributed by atoms with Crippen LogP contribution in [0.5, 0.6) is 0 Å². The Balaban J connectivity index is 2.22. The molecule has 0 radical (unpaired) electrons. The number of benzene rings is 2. The van der Waals surface area contributed by atoms with Crippen LogP contribution in [0.1, 0.15) is 26.3 Å². The maximum absolute atomic E-state index is 12.3. The normalized spacial score (nSPS) is 10.1. The number of carboxylic acid groups (broad SMARTS) is 1. The Morgan fingerprint density at radius 1 is 1.10 bits per heavy atom. The highest BCUT2D eigenvalue weighted by Crippen LogP contribution is 2.15. The fourth-order valence-corrected chi connectivity index (χ4v) is 2.04. The van der Waals surface area contributed by atoms with E-state index < -0.39 is 5.97 Å². The lowest BCUT2D eigenvalue weighted by atomic mass is 10.0. The minimum atomic E-state index is -1.03. The van der Waals surface area contributed by atoms with Gasteiger partial charge in [0.2, 0.25) is 0 Å². The van der Waals surface area contributed by atoms with E-state index >= 15 is 0 Å². The second-order valence-corrected chi connectivity index (χ2v) is 4.54. The highest BCUT2D eigenvalue weighted by molar-refractivity contribution is 6.05. The van der Waals surface area contributed by atoms with E-state index in [-0.39, 0.29) is 11.5 Å². The average molecular weight is 284 g/mol. The van der Waals surface area contributed by atoms with Crippen LogP contribution in [0.4, 0.5) is 5.69 Å². The van der Waals surface area contributed by atoms with Crippen molar-refractivity contribution < 1.29 is 14.7 Å². The van der Waals surface area contributed by atoms with Crippen molar-refractivity contribution in [3.8, 4) is 0 Å². The van der Waals surface area contributed by atoms with Crippen molar-refractivity contribution in [2.75, 3.05) is 11.9 Å². The number of carbonyl (C=O) groups is 2. The van der Waals surface area contributed by atoms with E-state index in [2.05, 4.69) is 5.32 Å². The van der Waals surface area contributed by atoms with Gasteiger partial charge in [-0.25, -0.2) is 4.79 Å². The molecule has 108 valence electrons. The zero-order valence-electron chi connectivity index (χ0n) is 11.4. The van der Waals surface area contributed by atoms with Crippen LogP contribution in [0.3, 0.4) is 0 Å². The van der Waals surface area contributed by atoms with Gasteiger partial charge in [0.25, 0.3) is 5.91 Å². The van der Waals surface area contributed by atoms with Gasteiger partial charge < -0.3 is 16.2 Å². The van der Waals surface area contributed by atoms with Crippen molar-refractivity contribution in [1.82, 2.24) is 0 Å². The third-order valence-corrected chi connectivity index (χ3v) is 3.04. The number of amides is 1. The molecule has 5 nitrogen and oxygen atoms in total. The van der Waals surface area contributed by atoms with E-state index in [1.165, 1.54) is 12.1 Å². The summed E-state index contributed by atoms with van der Waals surface area (Å²) in [5, 5.41) is 11.7. The number of rotatable bonds is 5. The highest BCUT2D eigenvalue weighted by atomic mass is 16.4. The molecule has 21 heavy (non-hydrogen) atoms. The monoisotopic (exact) mass is 284 g/mol. The van der Waals surface area contributed by atoms with E-state index in [1.807, 2.05) is 12.1 Å². The molecule has 2 rings (SSSR count). The molecule has 5 heteroatoms. The third-order valence-electron chi connectivity index (χ3n) is 3.04. The van der Waals surface area contributed by atoms with E-state index in [4.69, 9.17) is 10.8 Å². The van der Waals surface area contributed by atoms with Gasteiger partial charge in [-0.15, -0.1) is 0 Å². The summed E-state index contributed by atoms with van der Waals surface area (Å²) < 4.78 is 0. The Morgan fingerprint density at radius 2 is 1.86 bits per heavy atom. The minimum absolute atomic E-state index is 0.128. The lowest BCUT2D eigenvalue weighted by molar-refractivity contribution is 0.0696. The van der Waals surface area contributed by atoms with Gasteiger partial charge >= 0.3 is 5.97 Å². The number of carboxylic acids is 1.